The molecule has 0 fully saturated rings. The summed E-state index contributed by atoms with van der Waals surface area (Å²) < 4.78 is 0. The lowest BCUT2D eigenvalue weighted by molar-refractivity contribution is -0.138. The average molecular weight is 174 g/mol. The average Bonchev–Trinajstić information content (AvgIpc) is 1.84. The lowest BCUT2D eigenvalue weighted by Gasteiger charge is -2.09. The number of nitrogens with zero attached hydrogens (tertiary/aromatic N) is 1. The van der Waals surface area contributed by atoms with Crippen LogP contribution in [0.4, 0.5) is 0 Å². The van der Waals surface area contributed by atoms with Crippen LogP contribution in [0.1, 0.15) is 6.42 Å². The van der Waals surface area contributed by atoms with Gasteiger partial charge in [-0.1, -0.05) is 0 Å². The second-order valence-corrected chi connectivity index (χ2v) is 2.52. The van der Waals surface area contributed by atoms with Crippen LogP contribution in [-0.4, -0.2) is 29.2 Å². The van der Waals surface area contributed by atoms with Crippen molar-refractivity contribution < 1.29 is 9.90 Å². The molecule has 0 aliphatic heterocycles. The van der Waals surface area contributed by atoms with Crippen LogP contribution in [-0.2, 0) is 4.79 Å². The molecule has 12 heavy (non-hydrogen) atoms. The molecule has 0 aliphatic rings. The molecule has 70 valence electrons. The summed E-state index contributed by atoms with van der Waals surface area (Å²) in [4.78, 5) is 10.3. The van der Waals surface area contributed by atoms with Crippen molar-refractivity contribution in [3.63, 3.8) is 0 Å². The van der Waals surface area contributed by atoms with Gasteiger partial charge in [0, 0.05) is 25.4 Å². The van der Waals surface area contributed by atoms with Crippen molar-refractivity contribution in [2.45, 2.75) is 12.5 Å². The molecule has 0 aromatic rings. The summed E-state index contributed by atoms with van der Waals surface area (Å²) in [5.41, 5.74) is 11.0. The molecule has 0 radical (unpaired) electrons. The van der Waals surface area contributed by atoms with Gasteiger partial charge in [0.1, 0.15) is 6.04 Å². The zero-order valence-electron chi connectivity index (χ0n) is 6.90. The van der Waals surface area contributed by atoms with Gasteiger partial charge in [-0.2, -0.15) is 0 Å². The van der Waals surface area contributed by atoms with Gasteiger partial charge in [0.2, 0.25) is 0 Å². The highest BCUT2D eigenvalue weighted by Gasteiger charge is 2.11. The third kappa shape index (κ3) is 4.53. The van der Waals surface area contributed by atoms with E-state index >= 15 is 0 Å². The fourth-order valence-corrected chi connectivity index (χ4v) is 0.656. The molecule has 0 amide bonds. The highest BCUT2D eigenvalue weighted by molar-refractivity contribution is 5.73. The minimum Gasteiger partial charge on any atom is -0.480 e. The number of rotatable bonds is 4. The van der Waals surface area contributed by atoms with E-state index in [1.54, 1.807) is 7.05 Å². The maximum atomic E-state index is 10.3. The second kappa shape index (κ2) is 4.58. The standard InChI is InChI=1S/C6H14N4O2/c1-10(9)3-4(7)2-5(8)6(11)12/h3,5H,2,7-9H2,1H3,(H,11,12)/b4-3-. The summed E-state index contributed by atoms with van der Waals surface area (Å²) in [5.74, 6) is 4.16. The number of carboxylic acids is 1. The summed E-state index contributed by atoms with van der Waals surface area (Å²) in [6.07, 6.45) is 1.51. The van der Waals surface area contributed by atoms with Crippen LogP contribution < -0.4 is 17.3 Å². The van der Waals surface area contributed by atoms with E-state index in [-0.39, 0.29) is 6.42 Å². The first-order valence-electron chi connectivity index (χ1n) is 3.35. The Labute approximate surface area is 70.6 Å². The van der Waals surface area contributed by atoms with Crippen LogP contribution in [0.3, 0.4) is 0 Å². The van der Waals surface area contributed by atoms with Gasteiger partial charge in [-0.3, -0.25) is 4.79 Å². The Morgan fingerprint density at radius 2 is 2.25 bits per heavy atom. The first-order chi connectivity index (χ1) is 5.43. The highest BCUT2D eigenvalue weighted by atomic mass is 16.4. The summed E-state index contributed by atoms with van der Waals surface area (Å²) in [6.45, 7) is 0. The van der Waals surface area contributed by atoms with Gasteiger partial charge in [0.05, 0.1) is 0 Å². The lowest BCUT2D eigenvalue weighted by atomic mass is 10.2. The highest BCUT2D eigenvalue weighted by Crippen LogP contribution is 1.97. The Morgan fingerprint density at radius 3 is 2.58 bits per heavy atom. The van der Waals surface area contributed by atoms with Crippen molar-refractivity contribution in [1.29, 1.82) is 0 Å². The van der Waals surface area contributed by atoms with Crippen LogP contribution in [0.2, 0.25) is 0 Å². The SMILES string of the molecule is CN(N)/C=C(\N)CC(N)C(=O)O. The lowest BCUT2D eigenvalue weighted by Crippen LogP contribution is -2.32. The van der Waals surface area contributed by atoms with Gasteiger partial charge in [-0.25, -0.2) is 5.84 Å². The number of nitrogens with two attached hydrogens (primary N) is 3. The fourth-order valence-electron chi connectivity index (χ4n) is 0.656. The van der Waals surface area contributed by atoms with Gasteiger partial charge in [0.15, 0.2) is 0 Å². The van der Waals surface area contributed by atoms with E-state index in [4.69, 9.17) is 22.4 Å². The van der Waals surface area contributed by atoms with Crippen LogP contribution >= 0.6 is 0 Å². The predicted octanol–water partition coefficient (Wildman–Crippen LogP) is -1.61. The first kappa shape index (κ1) is 10.7. The Morgan fingerprint density at radius 1 is 1.75 bits per heavy atom. The van der Waals surface area contributed by atoms with Gasteiger partial charge in [-0.15, -0.1) is 0 Å². The quantitative estimate of drug-likeness (QED) is 0.301. The Kier molecular flexibility index (Phi) is 4.09. The summed E-state index contributed by atoms with van der Waals surface area (Å²) >= 11 is 0. The smallest absolute Gasteiger partial charge is 0.320 e. The van der Waals surface area contributed by atoms with E-state index in [0.717, 1.165) is 0 Å². The number of hydrazine groups is 1. The number of hydrogen-bond acceptors (Lipinski definition) is 5. The van der Waals surface area contributed by atoms with Crippen molar-refractivity contribution in [3.05, 3.63) is 11.9 Å². The van der Waals surface area contributed by atoms with Crippen LogP contribution in [0, 0.1) is 0 Å². The molecular formula is C6H14N4O2. The van der Waals surface area contributed by atoms with Crippen LogP contribution in [0.5, 0.6) is 0 Å². The molecule has 6 heteroatoms. The maximum Gasteiger partial charge on any atom is 0.320 e. The maximum absolute atomic E-state index is 10.3. The second-order valence-electron chi connectivity index (χ2n) is 2.52. The summed E-state index contributed by atoms with van der Waals surface area (Å²) in [7, 11) is 1.58. The molecule has 6 nitrogen and oxygen atoms in total. The molecule has 0 bridgehead atoms. The third-order valence-corrected chi connectivity index (χ3v) is 1.14. The largest absolute Gasteiger partial charge is 0.480 e. The van der Waals surface area contributed by atoms with E-state index in [1.807, 2.05) is 0 Å². The minimum atomic E-state index is -1.08. The van der Waals surface area contributed by atoms with E-state index in [9.17, 15) is 4.79 Å². The molecule has 1 atom stereocenters. The van der Waals surface area contributed by atoms with Gasteiger partial charge in [-0.05, 0) is 0 Å². The van der Waals surface area contributed by atoms with Crippen molar-refractivity contribution >= 4 is 5.97 Å². The van der Waals surface area contributed by atoms with E-state index in [0.29, 0.717) is 5.70 Å². The number of carboxylic acid groups (broad SMARTS) is 1. The van der Waals surface area contributed by atoms with Crippen LogP contribution in [0.15, 0.2) is 11.9 Å². The first-order valence-corrected chi connectivity index (χ1v) is 3.35. The van der Waals surface area contributed by atoms with Crippen molar-refractivity contribution in [1.82, 2.24) is 5.01 Å². The Hall–Kier alpha value is -1.27. The monoisotopic (exact) mass is 174 g/mol. The molecule has 0 saturated heterocycles. The normalized spacial score (nSPS) is 14.1. The van der Waals surface area contributed by atoms with Gasteiger partial charge < -0.3 is 21.6 Å². The number of hydrogen-bond donors (Lipinski definition) is 4. The predicted molar refractivity (Wildman–Crippen MR) is 44.4 cm³/mol. The molecule has 0 aliphatic carbocycles. The molecule has 0 aromatic heterocycles. The summed E-state index contributed by atoms with van der Waals surface area (Å²) in [5, 5.41) is 9.65. The summed E-state index contributed by atoms with van der Waals surface area (Å²) in [6, 6.07) is -0.971. The molecule has 0 spiro atoms. The van der Waals surface area contributed by atoms with Crippen molar-refractivity contribution in [3.8, 4) is 0 Å². The molecule has 0 heterocycles. The minimum absolute atomic E-state index is 0.0941. The van der Waals surface area contributed by atoms with E-state index in [1.165, 1.54) is 11.2 Å². The Balaban J connectivity index is 4.00. The third-order valence-electron chi connectivity index (χ3n) is 1.14. The van der Waals surface area contributed by atoms with Gasteiger partial charge >= 0.3 is 5.97 Å². The molecule has 0 saturated carbocycles. The number of carbonyl (C=O) groups is 1. The Bertz CT molecular complexity index is 190. The topological polar surface area (TPSA) is 119 Å². The molecule has 1 unspecified atom stereocenters. The molecule has 7 N–H and O–H groups in total. The molecule has 0 aromatic carbocycles. The van der Waals surface area contributed by atoms with E-state index < -0.39 is 12.0 Å². The fraction of sp³-hybridized carbons (Fsp3) is 0.500. The van der Waals surface area contributed by atoms with Crippen molar-refractivity contribution in [2.75, 3.05) is 7.05 Å². The van der Waals surface area contributed by atoms with Gasteiger partial charge in [0.25, 0.3) is 0 Å². The zero-order valence-corrected chi connectivity index (χ0v) is 6.90. The van der Waals surface area contributed by atoms with Crippen molar-refractivity contribution in [2.24, 2.45) is 17.3 Å². The number of aliphatic carboxylic acids is 1. The van der Waals surface area contributed by atoms with E-state index in [2.05, 4.69) is 0 Å². The molecular weight excluding hydrogens is 160 g/mol. The van der Waals surface area contributed by atoms with Crippen LogP contribution in [0.25, 0.3) is 0 Å². The molecule has 0 rings (SSSR count). The zero-order chi connectivity index (χ0) is 9.72.